The zero-order chi connectivity index (χ0) is 12.0. The Hall–Kier alpha value is -1.84. The maximum Gasteiger partial charge on any atom is 0.307 e. The molecule has 0 saturated heterocycles. The molecule has 88 valence electrons. The van der Waals surface area contributed by atoms with Gasteiger partial charge in [0.25, 0.3) is 0 Å². The van der Waals surface area contributed by atoms with Crippen LogP contribution in [-0.2, 0) is 11.2 Å². The average molecular weight is 230 g/mol. The Labute approximate surface area is 98.9 Å². The van der Waals surface area contributed by atoms with Gasteiger partial charge in [0, 0.05) is 23.4 Å². The first kappa shape index (κ1) is 10.3. The molecule has 0 radical (unpaired) electrons. The molecule has 1 aliphatic rings. The Morgan fingerprint density at radius 2 is 2.35 bits per heavy atom. The molecule has 0 atom stereocenters. The lowest BCUT2D eigenvalue weighted by Crippen LogP contribution is -2.02. The molecule has 4 nitrogen and oxygen atoms in total. The van der Waals surface area contributed by atoms with Crippen LogP contribution in [0.5, 0.6) is 0 Å². The van der Waals surface area contributed by atoms with Crippen LogP contribution in [0, 0.1) is 6.92 Å². The van der Waals surface area contributed by atoms with Crippen molar-refractivity contribution in [2.75, 3.05) is 0 Å². The number of aromatic nitrogens is 2. The Morgan fingerprint density at radius 3 is 3.00 bits per heavy atom. The normalized spacial score (nSPS) is 15.4. The van der Waals surface area contributed by atoms with Gasteiger partial charge in [0.1, 0.15) is 5.65 Å². The SMILES string of the molecule is Cc1c(C2CC2)nc2c(CC(=O)O)cccn12. The van der Waals surface area contributed by atoms with Crippen LogP contribution >= 0.6 is 0 Å². The highest BCUT2D eigenvalue weighted by atomic mass is 16.4. The van der Waals surface area contributed by atoms with Crippen LogP contribution in [0.4, 0.5) is 0 Å². The molecule has 4 heteroatoms. The number of hydrogen-bond acceptors (Lipinski definition) is 2. The van der Waals surface area contributed by atoms with Crippen molar-refractivity contribution in [3.8, 4) is 0 Å². The number of nitrogens with zero attached hydrogens (tertiary/aromatic N) is 2. The lowest BCUT2D eigenvalue weighted by Gasteiger charge is -2.01. The van der Waals surface area contributed by atoms with Gasteiger partial charge in [0.05, 0.1) is 12.1 Å². The Kier molecular flexibility index (Phi) is 2.18. The minimum Gasteiger partial charge on any atom is -0.481 e. The molecule has 0 bridgehead atoms. The fourth-order valence-electron chi connectivity index (χ4n) is 2.30. The number of carbonyl (C=O) groups is 1. The third kappa shape index (κ3) is 1.69. The van der Waals surface area contributed by atoms with Gasteiger partial charge < -0.3 is 9.51 Å². The molecule has 1 saturated carbocycles. The molecule has 0 spiro atoms. The summed E-state index contributed by atoms with van der Waals surface area (Å²) in [6.07, 6.45) is 4.40. The molecule has 1 N–H and O–H groups in total. The van der Waals surface area contributed by atoms with E-state index < -0.39 is 5.97 Å². The minimum absolute atomic E-state index is 0.0326. The highest BCUT2D eigenvalue weighted by Crippen LogP contribution is 2.41. The molecular formula is C13H14N2O2. The molecule has 0 amide bonds. The first-order chi connectivity index (χ1) is 8.16. The largest absolute Gasteiger partial charge is 0.481 e. The zero-order valence-corrected chi connectivity index (χ0v) is 9.68. The maximum absolute atomic E-state index is 10.8. The van der Waals surface area contributed by atoms with Crippen LogP contribution in [0.15, 0.2) is 18.3 Å². The number of rotatable bonds is 3. The van der Waals surface area contributed by atoms with Gasteiger partial charge in [0.2, 0.25) is 0 Å². The number of aryl methyl sites for hydroxylation is 1. The predicted molar refractivity (Wildman–Crippen MR) is 63.2 cm³/mol. The lowest BCUT2D eigenvalue weighted by atomic mass is 10.2. The van der Waals surface area contributed by atoms with Crippen molar-refractivity contribution in [3.63, 3.8) is 0 Å². The third-order valence-corrected chi connectivity index (χ3v) is 3.31. The maximum atomic E-state index is 10.8. The predicted octanol–water partition coefficient (Wildman–Crippen LogP) is 2.15. The number of hydrogen-bond donors (Lipinski definition) is 1. The second kappa shape index (κ2) is 3.58. The number of carboxylic acids is 1. The first-order valence-corrected chi connectivity index (χ1v) is 5.85. The van der Waals surface area contributed by atoms with E-state index in [-0.39, 0.29) is 6.42 Å². The summed E-state index contributed by atoms with van der Waals surface area (Å²) in [5.74, 6) is -0.223. The summed E-state index contributed by atoms with van der Waals surface area (Å²) in [5, 5.41) is 8.89. The molecule has 3 rings (SSSR count). The van der Waals surface area contributed by atoms with Gasteiger partial charge in [-0.05, 0) is 25.8 Å². The summed E-state index contributed by atoms with van der Waals surface area (Å²) in [6, 6.07) is 3.73. The highest BCUT2D eigenvalue weighted by molar-refractivity contribution is 5.73. The summed E-state index contributed by atoms with van der Waals surface area (Å²) in [7, 11) is 0. The van der Waals surface area contributed by atoms with E-state index in [2.05, 4.69) is 11.9 Å². The number of pyridine rings is 1. The van der Waals surface area contributed by atoms with E-state index in [1.54, 1.807) is 0 Å². The van der Waals surface area contributed by atoms with E-state index in [1.165, 1.54) is 12.8 Å². The number of imidazole rings is 1. The van der Waals surface area contributed by atoms with Crippen LogP contribution in [0.1, 0.15) is 35.7 Å². The Morgan fingerprint density at radius 1 is 1.59 bits per heavy atom. The van der Waals surface area contributed by atoms with E-state index in [0.29, 0.717) is 5.92 Å². The number of carboxylic acid groups (broad SMARTS) is 1. The summed E-state index contributed by atoms with van der Waals surface area (Å²) in [4.78, 5) is 15.4. The Bertz CT molecular complexity index is 597. The monoisotopic (exact) mass is 230 g/mol. The van der Waals surface area contributed by atoms with Crippen molar-refractivity contribution in [3.05, 3.63) is 35.3 Å². The Balaban J connectivity index is 2.17. The lowest BCUT2D eigenvalue weighted by molar-refractivity contribution is -0.136. The molecule has 1 fully saturated rings. The molecule has 0 aromatic carbocycles. The molecule has 0 aliphatic heterocycles. The van der Waals surface area contributed by atoms with Crippen LogP contribution in [0.25, 0.3) is 5.65 Å². The van der Waals surface area contributed by atoms with Crippen molar-refractivity contribution < 1.29 is 9.90 Å². The van der Waals surface area contributed by atoms with Gasteiger partial charge in [-0.2, -0.15) is 0 Å². The average Bonchev–Trinajstić information content (AvgIpc) is 3.05. The summed E-state index contributed by atoms with van der Waals surface area (Å²) >= 11 is 0. The third-order valence-electron chi connectivity index (χ3n) is 3.31. The van der Waals surface area contributed by atoms with Gasteiger partial charge >= 0.3 is 5.97 Å². The second-order valence-electron chi connectivity index (χ2n) is 4.65. The van der Waals surface area contributed by atoms with E-state index in [1.807, 2.05) is 22.7 Å². The first-order valence-electron chi connectivity index (χ1n) is 5.85. The molecular weight excluding hydrogens is 216 g/mol. The van der Waals surface area contributed by atoms with Crippen molar-refractivity contribution in [2.45, 2.75) is 32.1 Å². The summed E-state index contributed by atoms with van der Waals surface area (Å²) in [6.45, 7) is 2.05. The molecule has 2 heterocycles. The fourth-order valence-corrected chi connectivity index (χ4v) is 2.30. The van der Waals surface area contributed by atoms with E-state index in [9.17, 15) is 4.79 Å². The number of fused-ring (bicyclic) bond motifs is 1. The van der Waals surface area contributed by atoms with Crippen molar-refractivity contribution in [1.29, 1.82) is 0 Å². The van der Waals surface area contributed by atoms with Crippen LogP contribution < -0.4 is 0 Å². The molecule has 17 heavy (non-hydrogen) atoms. The second-order valence-corrected chi connectivity index (χ2v) is 4.65. The van der Waals surface area contributed by atoms with Crippen molar-refractivity contribution >= 4 is 11.6 Å². The summed E-state index contributed by atoms with van der Waals surface area (Å²) in [5.41, 5.74) is 3.88. The van der Waals surface area contributed by atoms with Crippen molar-refractivity contribution in [1.82, 2.24) is 9.38 Å². The highest BCUT2D eigenvalue weighted by Gasteiger charge is 2.29. The van der Waals surface area contributed by atoms with Crippen LogP contribution in [0.3, 0.4) is 0 Å². The van der Waals surface area contributed by atoms with Crippen LogP contribution in [0.2, 0.25) is 0 Å². The quantitative estimate of drug-likeness (QED) is 0.879. The van der Waals surface area contributed by atoms with Gasteiger partial charge in [-0.25, -0.2) is 4.98 Å². The van der Waals surface area contributed by atoms with E-state index >= 15 is 0 Å². The molecule has 1 aliphatic carbocycles. The minimum atomic E-state index is -0.813. The standard InChI is InChI=1S/C13H14N2O2/c1-8-12(9-4-5-9)14-13-10(7-11(16)17)3-2-6-15(8)13/h2-3,6,9H,4-5,7H2,1H3,(H,16,17). The van der Waals surface area contributed by atoms with Gasteiger partial charge in [0.15, 0.2) is 0 Å². The fraction of sp³-hybridized carbons (Fsp3) is 0.385. The number of aliphatic carboxylic acids is 1. The van der Waals surface area contributed by atoms with Crippen LogP contribution in [-0.4, -0.2) is 20.5 Å². The van der Waals surface area contributed by atoms with Gasteiger partial charge in [-0.1, -0.05) is 6.07 Å². The van der Waals surface area contributed by atoms with E-state index in [0.717, 1.165) is 22.6 Å². The summed E-state index contributed by atoms with van der Waals surface area (Å²) < 4.78 is 2.01. The molecule has 0 unspecified atom stereocenters. The molecule has 2 aromatic rings. The van der Waals surface area contributed by atoms with Gasteiger partial charge in [-0.3, -0.25) is 4.79 Å². The molecule has 2 aromatic heterocycles. The van der Waals surface area contributed by atoms with Gasteiger partial charge in [-0.15, -0.1) is 0 Å². The van der Waals surface area contributed by atoms with Crippen molar-refractivity contribution in [2.24, 2.45) is 0 Å². The smallest absolute Gasteiger partial charge is 0.307 e. The van der Waals surface area contributed by atoms with E-state index in [4.69, 9.17) is 5.11 Å². The zero-order valence-electron chi connectivity index (χ0n) is 9.68. The topological polar surface area (TPSA) is 54.6 Å².